The number of hydrogen-bond donors (Lipinski definition) is 2. The summed E-state index contributed by atoms with van der Waals surface area (Å²) in [6, 6.07) is 8.33. The number of nitrogens with zero attached hydrogens (tertiary/aromatic N) is 1. The van der Waals surface area contributed by atoms with E-state index < -0.39 is 0 Å². The van der Waals surface area contributed by atoms with E-state index in [4.69, 9.17) is 5.73 Å². The number of fused-ring (bicyclic) bond motifs is 1. The summed E-state index contributed by atoms with van der Waals surface area (Å²) >= 11 is 0. The van der Waals surface area contributed by atoms with Gasteiger partial charge in [0.25, 0.3) is 0 Å². The zero-order valence-corrected chi connectivity index (χ0v) is 12.2. The molecule has 1 aromatic heterocycles. The number of hydrogen-bond acceptors (Lipinski definition) is 2. The van der Waals surface area contributed by atoms with Crippen molar-refractivity contribution in [1.82, 2.24) is 9.88 Å². The van der Waals surface area contributed by atoms with Crippen molar-refractivity contribution >= 4 is 16.8 Å². The summed E-state index contributed by atoms with van der Waals surface area (Å²) in [6.07, 6.45) is 3.88. The van der Waals surface area contributed by atoms with Crippen LogP contribution in [0.25, 0.3) is 10.9 Å². The second kappa shape index (κ2) is 6.57. The number of nitrogens with two attached hydrogens (primary N) is 1. The van der Waals surface area contributed by atoms with Crippen LogP contribution >= 0.6 is 0 Å². The van der Waals surface area contributed by atoms with E-state index in [0.29, 0.717) is 13.1 Å². The average Bonchev–Trinajstić information content (AvgIpc) is 2.87. The van der Waals surface area contributed by atoms with E-state index in [0.717, 1.165) is 29.3 Å². The van der Waals surface area contributed by atoms with Gasteiger partial charge in [0, 0.05) is 29.7 Å². The number of amides is 1. The van der Waals surface area contributed by atoms with E-state index in [9.17, 15) is 4.79 Å². The van der Waals surface area contributed by atoms with Crippen LogP contribution in [-0.2, 0) is 17.9 Å². The van der Waals surface area contributed by atoms with E-state index in [1.165, 1.54) is 0 Å². The second-order valence-electron chi connectivity index (χ2n) is 5.08. The Hall–Kier alpha value is -1.81. The quantitative estimate of drug-likeness (QED) is 0.849. The lowest BCUT2D eigenvalue weighted by atomic mass is 10.1. The van der Waals surface area contributed by atoms with Gasteiger partial charge in [-0.1, -0.05) is 26.0 Å². The molecule has 2 aromatic rings. The van der Waals surface area contributed by atoms with Crippen LogP contribution in [0, 0.1) is 0 Å². The van der Waals surface area contributed by atoms with Crippen molar-refractivity contribution < 1.29 is 4.79 Å². The molecule has 0 aliphatic rings. The van der Waals surface area contributed by atoms with Gasteiger partial charge < -0.3 is 15.6 Å². The van der Waals surface area contributed by atoms with Gasteiger partial charge in [-0.25, -0.2) is 0 Å². The summed E-state index contributed by atoms with van der Waals surface area (Å²) < 4.78 is 1.98. The number of carbonyl (C=O) groups excluding carboxylic acids is 1. The molecule has 2 rings (SSSR count). The molecule has 0 fully saturated rings. The molecule has 1 aromatic carbocycles. The summed E-state index contributed by atoms with van der Waals surface area (Å²) in [6.45, 7) is 5.05. The van der Waals surface area contributed by atoms with Crippen LogP contribution in [0.15, 0.2) is 30.5 Å². The lowest BCUT2D eigenvalue weighted by Crippen LogP contribution is -2.36. The normalized spacial score (nSPS) is 11.2. The molecule has 0 aliphatic carbocycles. The summed E-state index contributed by atoms with van der Waals surface area (Å²) in [5.74, 6) is 0.0642. The number of rotatable bonds is 6. The molecule has 0 spiro atoms. The van der Waals surface area contributed by atoms with Gasteiger partial charge in [0.2, 0.25) is 5.91 Å². The van der Waals surface area contributed by atoms with Crippen LogP contribution in [0.4, 0.5) is 0 Å². The van der Waals surface area contributed by atoms with E-state index in [1.807, 2.05) is 35.0 Å². The van der Waals surface area contributed by atoms with Gasteiger partial charge in [-0.2, -0.15) is 0 Å². The van der Waals surface area contributed by atoms with Crippen LogP contribution in [-0.4, -0.2) is 16.5 Å². The third kappa shape index (κ3) is 3.02. The molecule has 0 bridgehead atoms. The largest absolute Gasteiger partial charge is 0.352 e. The predicted octanol–water partition coefficient (Wildman–Crippen LogP) is 2.40. The van der Waals surface area contributed by atoms with E-state index in [-0.39, 0.29) is 11.9 Å². The molecule has 0 saturated carbocycles. The number of nitrogens with one attached hydrogen (secondary N) is 1. The molecule has 108 valence electrons. The second-order valence-corrected chi connectivity index (χ2v) is 5.08. The lowest BCUT2D eigenvalue weighted by Gasteiger charge is -2.15. The van der Waals surface area contributed by atoms with Crippen LogP contribution in [0.1, 0.15) is 32.3 Å². The van der Waals surface area contributed by atoms with Crippen molar-refractivity contribution in [2.24, 2.45) is 5.73 Å². The maximum atomic E-state index is 12.1. The van der Waals surface area contributed by atoms with Crippen LogP contribution in [0.5, 0.6) is 0 Å². The highest BCUT2D eigenvalue weighted by atomic mass is 16.2. The summed E-state index contributed by atoms with van der Waals surface area (Å²) in [5.41, 5.74) is 7.92. The van der Waals surface area contributed by atoms with Gasteiger partial charge in [-0.05, 0) is 30.5 Å². The van der Waals surface area contributed by atoms with Crippen molar-refractivity contribution in [2.75, 3.05) is 0 Å². The van der Waals surface area contributed by atoms with Crippen molar-refractivity contribution in [2.45, 2.75) is 45.8 Å². The molecule has 4 nitrogen and oxygen atoms in total. The predicted molar refractivity (Wildman–Crippen MR) is 82.3 cm³/mol. The molecule has 0 radical (unpaired) electrons. The first-order chi connectivity index (χ1) is 9.69. The first kappa shape index (κ1) is 14.6. The van der Waals surface area contributed by atoms with Gasteiger partial charge in [0.15, 0.2) is 0 Å². The monoisotopic (exact) mass is 273 g/mol. The molecular weight excluding hydrogens is 250 g/mol. The molecule has 0 aliphatic heterocycles. The summed E-state index contributed by atoms with van der Waals surface area (Å²) in [7, 11) is 0. The van der Waals surface area contributed by atoms with Gasteiger partial charge >= 0.3 is 0 Å². The average molecular weight is 273 g/mol. The maximum absolute atomic E-state index is 12.1. The van der Waals surface area contributed by atoms with Crippen molar-refractivity contribution in [3.05, 3.63) is 36.0 Å². The minimum absolute atomic E-state index is 0.0642. The van der Waals surface area contributed by atoms with Crippen LogP contribution < -0.4 is 11.1 Å². The molecule has 3 N–H and O–H groups in total. The van der Waals surface area contributed by atoms with Gasteiger partial charge in [0.1, 0.15) is 6.54 Å². The lowest BCUT2D eigenvalue weighted by molar-refractivity contribution is -0.122. The third-order valence-electron chi connectivity index (χ3n) is 3.79. The molecule has 1 amide bonds. The van der Waals surface area contributed by atoms with E-state index in [1.54, 1.807) is 0 Å². The first-order valence-electron chi connectivity index (χ1n) is 7.25. The maximum Gasteiger partial charge on any atom is 0.240 e. The smallest absolute Gasteiger partial charge is 0.240 e. The van der Waals surface area contributed by atoms with Crippen LogP contribution in [0.2, 0.25) is 0 Å². The fourth-order valence-electron chi connectivity index (χ4n) is 2.52. The highest BCUT2D eigenvalue weighted by Crippen LogP contribution is 2.19. The Balaban J connectivity index is 2.16. The molecule has 0 unspecified atom stereocenters. The van der Waals surface area contributed by atoms with Crippen molar-refractivity contribution in [3.63, 3.8) is 0 Å². The Morgan fingerprint density at radius 1 is 1.30 bits per heavy atom. The molecule has 0 saturated heterocycles. The minimum Gasteiger partial charge on any atom is -0.352 e. The van der Waals surface area contributed by atoms with Gasteiger partial charge in [0.05, 0.1) is 0 Å². The topological polar surface area (TPSA) is 60.0 Å². The fraction of sp³-hybridized carbons (Fsp3) is 0.438. The third-order valence-corrected chi connectivity index (χ3v) is 3.79. The first-order valence-corrected chi connectivity index (χ1v) is 7.25. The zero-order valence-electron chi connectivity index (χ0n) is 12.2. The fourth-order valence-corrected chi connectivity index (χ4v) is 2.52. The molecule has 0 atom stereocenters. The van der Waals surface area contributed by atoms with Crippen molar-refractivity contribution in [1.29, 1.82) is 0 Å². The number of benzene rings is 1. The Bertz CT molecular complexity index is 584. The number of carbonyl (C=O) groups is 1. The Morgan fingerprint density at radius 2 is 2.05 bits per heavy atom. The van der Waals surface area contributed by atoms with E-state index in [2.05, 4.69) is 19.2 Å². The molecule has 1 heterocycles. The zero-order chi connectivity index (χ0) is 14.5. The Kier molecular flexibility index (Phi) is 4.79. The van der Waals surface area contributed by atoms with Gasteiger partial charge in [-0.15, -0.1) is 0 Å². The standard InChI is InChI=1S/C16H23N3O/c1-3-13(4-2)18-16(20)11-19-9-8-14-12(10-17)6-5-7-15(14)19/h5-9,13H,3-4,10-11,17H2,1-2H3,(H,18,20). The molecule has 20 heavy (non-hydrogen) atoms. The van der Waals surface area contributed by atoms with Crippen LogP contribution in [0.3, 0.4) is 0 Å². The summed E-state index contributed by atoms with van der Waals surface area (Å²) in [4.78, 5) is 12.1. The van der Waals surface area contributed by atoms with Crippen molar-refractivity contribution in [3.8, 4) is 0 Å². The molecule has 4 heteroatoms. The Labute approximate surface area is 120 Å². The summed E-state index contributed by atoms with van der Waals surface area (Å²) in [5, 5.41) is 4.19. The SMILES string of the molecule is CCC(CC)NC(=O)Cn1ccc2c(CN)cccc21. The highest BCUT2D eigenvalue weighted by Gasteiger charge is 2.11. The highest BCUT2D eigenvalue weighted by molar-refractivity contribution is 5.85. The number of aromatic nitrogens is 1. The van der Waals surface area contributed by atoms with E-state index >= 15 is 0 Å². The minimum atomic E-state index is 0.0642. The molecular formula is C16H23N3O. The van der Waals surface area contributed by atoms with Gasteiger partial charge in [-0.3, -0.25) is 4.79 Å². The Morgan fingerprint density at radius 3 is 2.70 bits per heavy atom.